The van der Waals surface area contributed by atoms with Gasteiger partial charge >= 0.3 is 5.97 Å². The molecule has 0 saturated heterocycles. The third-order valence-electron chi connectivity index (χ3n) is 4.86. The van der Waals surface area contributed by atoms with Crippen molar-refractivity contribution in [3.05, 3.63) is 35.9 Å². The van der Waals surface area contributed by atoms with E-state index in [-0.39, 0.29) is 25.2 Å². The van der Waals surface area contributed by atoms with Crippen molar-refractivity contribution >= 4 is 17.8 Å². The number of hydroxylamine groups is 1. The summed E-state index contributed by atoms with van der Waals surface area (Å²) in [5.41, 5.74) is 2.90. The number of carboxylic acids is 1. The Balaban J connectivity index is 2.06. The normalized spacial score (nSPS) is 11.6. The first-order valence-electron chi connectivity index (χ1n) is 10.5. The fraction of sp³-hybridized carbons (Fsp3) is 0.591. The number of carbonyl (C=O) groups excluding carboxylic acids is 2. The van der Waals surface area contributed by atoms with Crippen LogP contribution in [-0.2, 0) is 20.8 Å². The Bertz CT molecular complexity index is 606. The Hall–Kier alpha value is -2.41. The van der Waals surface area contributed by atoms with Gasteiger partial charge in [-0.1, -0.05) is 62.4 Å². The Morgan fingerprint density at radius 1 is 0.828 bits per heavy atom. The Kier molecular flexibility index (Phi) is 13.2. The third kappa shape index (κ3) is 12.6. The van der Waals surface area contributed by atoms with Gasteiger partial charge in [-0.3, -0.25) is 19.6 Å². The summed E-state index contributed by atoms with van der Waals surface area (Å²) in [5, 5.41) is 20.0. The summed E-state index contributed by atoms with van der Waals surface area (Å²) in [6, 6.07) is 9.58. The molecule has 0 aliphatic rings. The molecule has 1 aromatic carbocycles. The zero-order chi connectivity index (χ0) is 21.3. The lowest BCUT2D eigenvalue weighted by Gasteiger charge is -2.16. The molecule has 0 heterocycles. The number of carbonyl (C=O) groups is 3. The average molecular weight is 407 g/mol. The van der Waals surface area contributed by atoms with Crippen LogP contribution in [-0.4, -0.2) is 34.1 Å². The van der Waals surface area contributed by atoms with Crippen LogP contribution in [0.1, 0.15) is 76.2 Å². The molecule has 0 aliphatic heterocycles. The predicted octanol–water partition coefficient (Wildman–Crippen LogP) is 3.60. The van der Waals surface area contributed by atoms with E-state index in [1.54, 1.807) is 0 Å². The van der Waals surface area contributed by atoms with Gasteiger partial charge in [-0.25, -0.2) is 5.48 Å². The predicted molar refractivity (Wildman–Crippen MR) is 110 cm³/mol. The highest BCUT2D eigenvalue weighted by Gasteiger charge is 2.20. The summed E-state index contributed by atoms with van der Waals surface area (Å²) in [5.74, 6) is -1.93. The van der Waals surface area contributed by atoms with Crippen LogP contribution in [0.5, 0.6) is 0 Å². The summed E-state index contributed by atoms with van der Waals surface area (Å²) >= 11 is 0. The molecule has 7 nitrogen and oxygen atoms in total. The van der Waals surface area contributed by atoms with Crippen LogP contribution < -0.4 is 10.8 Å². The summed E-state index contributed by atoms with van der Waals surface area (Å²) < 4.78 is 0. The first kappa shape index (κ1) is 24.6. The summed E-state index contributed by atoms with van der Waals surface area (Å²) in [4.78, 5) is 34.1. The van der Waals surface area contributed by atoms with Crippen LogP contribution in [0.15, 0.2) is 30.3 Å². The van der Waals surface area contributed by atoms with Gasteiger partial charge in [0.1, 0.15) is 6.04 Å². The summed E-state index contributed by atoms with van der Waals surface area (Å²) in [6.45, 7) is 0. The zero-order valence-corrected chi connectivity index (χ0v) is 17.1. The van der Waals surface area contributed by atoms with Gasteiger partial charge < -0.3 is 10.4 Å². The quantitative estimate of drug-likeness (QED) is 0.190. The molecule has 0 saturated carbocycles. The van der Waals surface area contributed by atoms with Crippen molar-refractivity contribution in [3.63, 3.8) is 0 Å². The standard InChI is InChI=1S/C22H34N2O5/c25-20(23-19(22(28)24-29)15-11-17-21(26)27)16-10-5-3-1-2-4-7-12-18-13-8-6-9-14-18/h6,8-9,13-14,19,29H,1-5,7,10-12,15-17H2,(H,23,25)(H,24,28)(H,26,27)/t19-/m1/s1. The van der Waals surface area contributed by atoms with Gasteiger partial charge in [0.2, 0.25) is 5.91 Å². The average Bonchev–Trinajstić information content (AvgIpc) is 2.71. The Morgan fingerprint density at radius 2 is 1.45 bits per heavy atom. The molecule has 0 aromatic heterocycles. The number of benzene rings is 1. The van der Waals surface area contributed by atoms with E-state index in [9.17, 15) is 14.4 Å². The minimum absolute atomic E-state index is 0.0869. The SMILES string of the molecule is O=C(O)CCC[C@@H](NC(=O)CCCCCCCCCc1ccccc1)C(=O)NO. The first-order valence-corrected chi connectivity index (χ1v) is 10.5. The van der Waals surface area contributed by atoms with Gasteiger partial charge in [0.25, 0.3) is 5.91 Å². The largest absolute Gasteiger partial charge is 0.481 e. The minimum Gasteiger partial charge on any atom is -0.481 e. The van der Waals surface area contributed by atoms with E-state index in [1.165, 1.54) is 30.3 Å². The van der Waals surface area contributed by atoms with Gasteiger partial charge in [0.15, 0.2) is 0 Å². The highest BCUT2D eigenvalue weighted by Crippen LogP contribution is 2.11. The third-order valence-corrected chi connectivity index (χ3v) is 4.86. The van der Waals surface area contributed by atoms with Crippen molar-refractivity contribution < 1.29 is 24.7 Å². The maximum absolute atomic E-state index is 12.0. The van der Waals surface area contributed by atoms with Crippen LogP contribution >= 0.6 is 0 Å². The number of hydrogen-bond acceptors (Lipinski definition) is 4. The van der Waals surface area contributed by atoms with Crippen LogP contribution in [0, 0.1) is 0 Å². The second-order valence-electron chi connectivity index (χ2n) is 7.34. The number of unbranched alkanes of at least 4 members (excludes halogenated alkanes) is 6. The molecule has 0 unspecified atom stereocenters. The molecule has 1 rings (SSSR count). The van der Waals surface area contributed by atoms with Gasteiger partial charge in [0.05, 0.1) is 0 Å². The molecule has 0 aliphatic carbocycles. The van der Waals surface area contributed by atoms with Crippen molar-refractivity contribution in [3.8, 4) is 0 Å². The van der Waals surface area contributed by atoms with Crippen molar-refractivity contribution in [2.45, 2.75) is 83.1 Å². The number of amides is 2. The number of rotatable bonds is 16. The molecule has 1 aromatic rings. The van der Waals surface area contributed by atoms with Crippen LogP contribution in [0.3, 0.4) is 0 Å². The molecule has 2 amide bonds. The van der Waals surface area contributed by atoms with Crippen molar-refractivity contribution in [1.82, 2.24) is 10.8 Å². The second kappa shape index (κ2) is 15.5. The number of carboxylic acid groups (broad SMARTS) is 1. The minimum atomic E-state index is -0.959. The molecule has 0 fully saturated rings. The number of hydrogen-bond donors (Lipinski definition) is 4. The van der Waals surface area contributed by atoms with Crippen LogP contribution in [0.2, 0.25) is 0 Å². The number of aliphatic carboxylic acids is 1. The molecule has 29 heavy (non-hydrogen) atoms. The Morgan fingerprint density at radius 3 is 2.07 bits per heavy atom. The fourth-order valence-electron chi connectivity index (χ4n) is 3.21. The molecule has 0 bridgehead atoms. The highest BCUT2D eigenvalue weighted by atomic mass is 16.5. The van der Waals surface area contributed by atoms with Crippen molar-refractivity contribution in [2.24, 2.45) is 0 Å². The van der Waals surface area contributed by atoms with Crippen molar-refractivity contribution in [2.75, 3.05) is 0 Å². The molecule has 0 radical (unpaired) electrons. The second-order valence-corrected chi connectivity index (χ2v) is 7.34. The van der Waals surface area contributed by atoms with Crippen LogP contribution in [0.4, 0.5) is 0 Å². The summed E-state index contributed by atoms with van der Waals surface area (Å²) in [7, 11) is 0. The van der Waals surface area contributed by atoms with E-state index in [0.29, 0.717) is 6.42 Å². The van der Waals surface area contributed by atoms with E-state index in [2.05, 4.69) is 29.6 Å². The maximum Gasteiger partial charge on any atom is 0.303 e. The molecule has 1 atom stereocenters. The van der Waals surface area contributed by atoms with E-state index >= 15 is 0 Å². The smallest absolute Gasteiger partial charge is 0.303 e. The lowest BCUT2D eigenvalue weighted by molar-refractivity contribution is -0.138. The molecule has 7 heteroatoms. The molecule has 162 valence electrons. The zero-order valence-electron chi connectivity index (χ0n) is 17.1. The topological polar surface area (TPSA) is 116 Å². The highest BCUT2D eigenvalue weighted by molar-refractivity contribution is 5.86. The number of aryl methyl sites for hydroxylation is 1. The van der Waals surface area contributed by atoms with E-state index in [0.717, 1.165) is 32.1 Å². The molecule has 4 N–H and O–H groups in total. The maximum atomic E-state index is 12.0. The summed E-state index contributed by atoms with van der Waals surface area (Å²) in [6.07, 6.45) is 9.33. The van der Waals surface area contributed by atoms with Gasteiger partial charge in [-0.2, -0.15) is 0 Å². The Labute approximate surface area is 172 Å². The van der Waals surface area contributed by atoms with E-state index < -0.39 is 17.9 Å². The van der Waals surface area contributed by atoms with E-state index in [1.807, 2.05) is 6.07 Å². The fourth-order valence-corrected chi connectivity index (χ4v) is 3.21. The van der Waals surface area contributed by atoms with Crippen LogP contribution in [0.25, 0.3) is 0 Å². The van der Waals surface area contributed by atoms with E-state index in [4.69, 9.17) is 10.3 Å². The number of nitrogens with one attached hydrogen (secondary N) is 2. The molecular formula is C22H34N2O5. The first-order chi connectivity index (χ1) is 14.0. The van der Waals surface area contributed by atoms with Gasteiger partial charge in [-0.05, 0) is 37.7 Å². The lowest BCUT2D eigenvalue weighted by Crippen LogP contribution is -2.45. The van der Waals surface area contributed by atoms with Crippen molar-refractivity contribution in [1.29, 1.82) is 0 Å². The van der Waals surface area contributed by atoms with Gasteiger partial charge in [-0.15, -0.1) is 0 Å². The monoisotopic (exact) mass is 406 g/mol. The lowest BCUT2D eigenvalue weighted by atomic mass is 10.0. The van der Waals surface area contributed by atoms with Gasteiger partial charge in [0, 0.05) is 12.8 Å². The molecular weight excluding hydrogens is 372 g/mol. The molecule has 0 spiro atoms.